The molecule has 2 aromatic carbocycles. The van der Waals surface area contributed by atoms with Gasteiger partial charge in [0.1, 0.15) is 11.0 Å². The topological polar surface area (TPSA) is 174 Å². The number of ether oxygens (including phenoxy) is 2. The molecule has 4 aliphatic heterocycles. The minimum absolute atomic E-state index is 0. The molecular formula is C47H65BrN16O2Pd. The number of fused-ring (bicyclic) bond motifs is 2. The van der Waals surface area contributed by atoms with Crippen molar-refractivity contribution in [3.05, 3.63) is 77.8 Å². The van der Waals surface area contributed by atoms with Crippen molar-refractivity contribution < 1.29 is 29.9 Å². The van der Waals surface area contributed by atoms with Gasteiger partial charge >= 0.3 is 0 Å². The van der Waals surface area contributed by atoms with Gasteiger partial charge < -0.3 is 40.1 Å². The first kappa shape index (κ1) is 51.9. The van der Waals surface area contributed by atoms with Gasteiger partial charge in [0, 0.05) is 171 Å². The van der Waals surface area contributed by atoms with E-state index >= 15 is 0 Å². The normalized spacial score (nSPS) is 17.3. The maximum Gasteiger partial charge on any atom is 0.184 e. The van der Waals surface area contributed by atoms with Crippen LogP contribution >= 0.6 is 15.9 Å². The largest absolute Gasteiger partial charge is 0.379 e. The number of hydrogen-bond donors (Lipinski definition) is 3. The average molecular weight is 1070 g/mol. The molecule has 0 amide bonds. The summed E-state index contributed by atoms with van der Waals surface area (Å²) in [6.45, 7) is 19.5. The Labute approximate surface area is 416 Å². The first-order valence-corrected chi connectivity index (χ1v) is 23.5. The van der Waals surface area contributed by atoms with E-state index in [9.17, 15) is 0 Å². The predicted octanol–water partition coefficient (Wildman–Crippen LogP) is 4.33. The first-order valence-electron chi connectivity index (χ1n) is 22.7. The Morgan fingerprint density at radius 2 is 0.985 bits per heavy atom. The SMILES string of the molecule is Brc1ccc(-c2nc(NCCN3CCOCC3)c3nccnc3n2)cc1.C.CN1CCN(c2ccc(-c3nc(NCCN4CCOCC4)c4nccnc4n3)cc2)CC1.CN1CCNCC1.[Pd]. The van der Waals surface area contributed by atoms with Crippen molar-refractivity contribution in [2.45, 2.75) is 7.43 Å². The Bertz CT molecular complexity index is 2380. The number of nitrogens with one attached hydrogen (secondary N) is 3. The second-order valence-corrected chi connectivity index (χ2v) is 17.3. The minimum atomic E-state index is 0. The average Bonchev–Trinajstić information content (AvgIpc) is 3.36. The van der Waals surface area contributed by atoms with Crippen LogP contribution in [0.5, 0.6) is 0 Å². The summed E-state index contributed by atoms with van der Waals surface area (Å²) < 4.78 is 11.8. The summed E-state index contributed by atoms with van der Waals surface area (Å²) in [5.74, 6) is 2.75. The van der Waals surface area contributed by atoms with Gasteiger partial charge in [-0.15, -0.1) is 0 Å². The Kier molecular flexibility index (Phi) is 20.9. The number of piperazine rings is 2. The van der Waals surface area contributed by atoms with Gasteiger partial charge in [-0.3, -0.25) is 9.80 Å². The third-order valence-corrected chi connectivity index (χ3v) is 12.3. The van der Waals surface area contributed by atoms with E-state index in [2.05, 4.69) is 125 Å². The summed E-state index contributed by atoms with van der Waals surface area (Å²) in [5.41, 5.74) is 5.75. The third-order valence-electron chi connectivity index (χ3n) is 11.8. The van der Waals surface area contributed by atoms with E-state index in [4.69, 9.17) is 19.4 Å². The van der Waals surface area contributed by atoms with Gasteiger partial charge in [0.15, 0.2) is 34.6 Å². The number of morpholine rings is 2. The Morgan fingerprint density at radius 3 is 1.43 bits per heavy atom. The molecule has 20 heteroatoms. The van der Waals surface area contributed by atoms with Gasteiger partial charge in [0.2, 0.25) is 0 Å². The van der Waals surface area contributed by atoms with Gasteiger partial charge in [-0.2, -0.15) is 0 Å². The first-order chi connectivity index (χ1) is 31.9. The number of benzene rings is 2. The summed E-state index contributed by atoms with van der Waals surface area (Å²) >= 11 is 3.46. The number of rotatable bonds is 11. The second-order valence-electron chi connectivity index (χ2n) is 16.4. The molecule has 0 aliphatic carbocycles. The smallest absolute Gasteiger partial charge is 0.184 e. The monoisotopic (exact) mass is 1070 g/mol. The van der Waals surface area contributed by atoms with Crippen LogP contribution < -0.4 is 20.9 Å². The maximum atomic E-state index is 5.43. The number of likely N-dealkylation sites (N-methyl/N-ethyl adjacent to an activating group) is 2. The molecule has 8 heterocycles. The zero-order valence-electron chi connectivity index (χ0n) is 37.9. The molecule has 0 saturated carbocycles. The van der Waals surface area contributed by atoms with Crippen LogP contribution in [0.2, 0.25) is 0 Å². The molecule has 18 nitrogen and oxygen atoms in total. The molecule has 4 aliphatic rings. The van der Waals surface area contributed by atoms with Gasteiger partial charge in [-0.1, -0.05) is 35.5 Å². The van der Waals surface area contributed by atoms with E-state index in [1.807, 2.05) is 24.3 Å². The molecule has 0 atom stereocenters. The van der Waals surface area contributed by atoms with E-state index in [-0.39, 0.29) is 27.8 Å². The number of halogens is 1. The molecule has 362 valence electrons. The molecule has 0 radical (unpaired) electrons. The van der Waals surface area contributed by atoms with Crippen LogP contribution in [0.4, 0.5) is 17.3 Å². The van der Waals surface area contributed by atoms with Crippen LogP contribution in [0.15, 0.2) is 77.8 Å². The zero-order valence-corrected chi connectivity index (χ0v) is 41.0. The number of nitrogens with zero attached hydrogens (tertiary/aromatic N) is 13. The summed E-state index contributed by atoms with van der Waals surface area (Å²) in [4.78, 5) is 48.3. The minimum Gasteiger partial charge on any atom is -0.379 e. The van der Waals surface area contributed by atoms with Crippen molar-refractivity contribution in [3.63, 3.8) is 0 Å². The molecule has 4 saturated heterocycles. The van der Waals surface area contributed by atoms with Gasteiger partial charge in [0.25, 0.3) is 0 Å². The number of anilines is 3. The summed E-state index contributed by atoms with van der Waals surface area (Å²) in [7, 11) is 4.33. The van der Waals surface area contributed by atoms with Crippen LogP contribution in [-0.2, 0) is 29.9 Å². The number of hydrogen-bond acceptors (Lipinski definition) is 18. The van der Waals surface area contributed by atoms with E-state index in [1.54, 1.807) is 24.8 Å². The molecule has 10 rings (SSSR count). The zero-order chi connectivity index (χ0) is 44.6. The predicted molar refractivity (Wildman–Crippen MR) is 267 cm³/mol. The molecule has 4 fully saturated rings. The van der Waals surface area contributed by atoms with Crippen LogP contribution in [0, 0.1) is 0 Å². The van der Waals surface area contributed by atoms with Crippen molar-refractivity contribution in [2.75, 3.05) is 161 Å². The van der Waals surface area contributed by atoms with E-state index in [0.29, 0.717) is 39.8 Å². The van der Waals surface area contributed by atoms with Gasteiger partial charge in [-0.25, -0.2) is 39.9 Å². The van der Waals surface area contributed by atoms with Crippen LogP contribution in [-0.4, -0.2) is 205 Å². The van der Waals surface area contributed by atoms with E-state index < -0.39 is 0 Å². The fraction of sp³-hybridized carbons (Fsp3) is 0.489. The fourth-order valence-corrected chi connectivity index (χ4v) is 8.07. The molecule has 3 N–H and O–H groups in total. The Morgan fingerprint density at radius 1 is 0.552 bits per heavy atom. The standard InChI is InChI=1S/C23H30N8O.C18H19BrN6O.C5H12N2.CH4.Pd/c1-29-10-12-31(13-11-29)19-4-2-18(3-5-19)21-27-22-20(24-6-7-25-22)23(28-21)26-8-9-30-14-16-32-17-15-30;19-14-3-1-13(2-4-14)16-23-17-15(20-5-6-21-17)18(24-16)22-7-8-25-9-11-26-12-10-25;1-7-4-2-6-3-5-7;;/h2-7H,8-17H2,1H3,(H,25,26,27,28);1-6H,7-12H2,(H,21,22,23,24);6H,2-5H2,1H3;1H4;. The molecular weight excluding hydrogens is 1010 g/mol. The second kappa shape index (κ2) is 26.9. The summed E-state index contributed by atoms with van der Waals surface area (Å²) in [6, 6.07) is 16.5. The van der Waals surface area contributed by atoms with Crippen molar-refractivity contribution in [2.24, 2.45) is 0 Å². The van der Waals surface area contributed by atoms with Crippen molar-refractivity contribution in [1.29, 1.82) is 0 Å². The Balaban J connectivity index is 0.000000191. The summed E-state index contributed by atoms with van der Waals surface area (Å²) in [6.07, 6.45) is 6.67. The molecule has 0 bridgehead atoms. The van der Waals surface area contributed by atoms with Gasteiger partial charge in [0.05, 0.1) is 26.4 Å². The molecule has 4 aromatic heterocycles. The van der Waals surface area contributed by atoms with Crippen molar-refractivity contribution >= 4 is 55.6 Å². The van der Waals surface area contributed by atoms with Crippen LogP contribution in [0.3, 0.4) is 0 Å². The molecule has 0 unspecified atom stereocenters. The summed E-state index contributed by atoms with van der Waals surface area (Å²) in [5, 5.41) is 10.1. The number of aromatic nitrogens is 8. The van der Waals surface area contributed by atoms with Gasteiger partial charge in [-0.05, 0) is 50.5 Å². The van der Waals surface area contributed by atoms with Crippen LogP contribution in [0.1, 0.15) is 7.43 Å². The molecule has 67 heavy (non-hydrogen) atoms. The fourth-order valence-electron chi connectivity index (χ4n) is 7.81. The Hall–Kier alpha value is -4.46. The van der Waals surface area contributed by atoms with Crippen LogP contribution in [0.25, 0.3) is 45.1 Å². The van der Waals surface area contributed by atoms with E-state index in [1.165, 1.54) is 18.8 Å². The molecule has 6 aromatic rings. The molecule has 0 spiro atoms. The van der Waals surface area contributed by atoms with E-state index in [0.717, 1.165) is 139 Å². The third kappa shape index (κ3) is 15.3. The van der Waals surface area contributed by atoms with Crippen molar-refractivity contribution in [3.8, 4) is 22.8 Å². The van der Waals surface area contributed by atoms with Crippen molar-refractivity contribution in [1.82, 2.24) is 64.8 Å². The quantitative estimate of drug-likeness (QED) is 0.156. The maximum absolute atomic E-state index is 5.43.